The topological polar surface area (TPSA) is 78.9 Å². The lowest BCUT2D eigenvalue weighted by Gasteiger charge is -2.18. The van der Waals surface area contributed by atoms with Crippen LogP contribution in [0.3, 0.4) is 0 Å². The maximum Gasteiger partial charge on any atom is 0.306 e. The van der Waals surface area contributed by atoms with Gasteiger partial charge in [0.15, 0.2) is 6.10 Å². The molecule has 6 heteroatoms. The molecule has 348 valence electrons. The van der Waals surface area contributed by atoms with Crippen LogP contribution >= 0.6 is 0 Å². The molecule has 0 fully saturated rings. The second-order valence-electron chi connectivity index (χ2n) is 15.9. The van der Waals surface area contributed by atoms with E-state index < -0.39 is 6.10 Å². The smallest absolute Gasteiger partial charge is 0.306 e. The molecule has 0 saturated carbocycles. The number of hydrogen-bond donors (Lipinski definition) is 0. The van der Waals surface area contributed by atoms with E-state index in [9.17, 15) is 14.4 Å². The van der Waals surface area contributed by atoms with Gasteiger partial charge in [-0.3, -0.25) is 14.4 Å². The lowest BCUT2D eigenvalue weighted by Crippen LogP contribution is -2.30. The molecule has 0 aliphatic rings. The van der Waals surface area contributed by atoms with Crippen molar-refractivity contribution in [3.8, 4) is 0 Å². The third kappa shape index (κ3) is 46.9. The summed E-state index contributed by atoms with van der Waals surface area (Å²) in [5.74, 6) is -0.982. The first-order valence-electron chi connectivity index (χ1n) is 24.7. The maximum atomic E-state index is 12.8. The Hall–Kier alpha value is -4.19. The number of allylic oxidation sites excluding steroid dienone is 20. The molecule has 0 aromatic heterocycles. The minimum atomic E-state index is -0.810. The van der Waals surface area contributed by atoms with Gasteiger partial charge < -0.3 is 14.2 Å². The summed E-state index contributed by atoms with van der Waals surface area (Å²) >= 11 is 0. The van der Waals surface area contributed by atoms with Crippen LogP contribution < -0.4 is 0 Å². The Labute approximate surface area is 380 Å². The molecule has 0 heterocycles. The first-order chi connectivity index (χ1) is 30.5. The average molecular weight is 857 g/mol. The molecule has 0 bridgehead atoms. The van der Waals surface area contributed by atoms with Crippen LogP contribution in [0.25, 0.3) is 0 Å². The molecule has 0 aliphatic heterocycles. The summed E-state index contributed by atoms with van der Waals surface area (Å²) in [5.41, 5.74) is 0. The van der Waals surface area contributed by atoms with Gasteiger partial charge in [0.2, 0.25) is 0 Å². The Balaban J connectivity index is 4.55. The monoisotopic (exact) mass is 857 g/mol. The molecule has 0 aliphatic carbocycles. The third-order valence-electron chi connectivity index (χ3n) is 9.97. The predicted molar refractivity (Wildman–Crippen MR) is 265 cm³/mol. The standard InChI is InChI=1S/C56H88O6/c1-4-7-10-13-16-19-22-25-27-28-30-31-34-37-40-43-46-49-55(58)61-52-53(51-60-54(57)48-45-42-39-36-33-24-21-18-15-12-9-6-3)62-56(59)50-47-44-41-38-35-32-29-26-23-20-17-14-11-8-5-2/h7-8,10-11,13-14,16-17,19-20,22-23,25-31,34,53H,4-6,9,12,15,18,21,24,32-33,35-52H2,1-3H3/b10-7-,11-8-,16-13-,17-14-,22-19-,23-20-,27-25-,29-26-,30-28+,34-31-. The zero-order valence-corrected chi connectivity index (χ0v) is 39.6. The maximum absolute atomic E-state index is 12.8. The van der Waals surface area contributed by atoms with Gasteiger partial charge in [0.25, 0.3) is 0 Å². The van der Waals surface area contributed by atoms with Gasteiger partial charge in [-0.25, -0.2) is 0 Å². The summed E-state index contributed by atoms with van der Waals surface area (Å²) in [5, 5.41) is 0. The van der Waals surface area contributed by atoms with Gasteiger partial charge in [0.1, 0.15) is 13.2 Å². The highest BCUT2D eigenvalue weighted by atomic mass is 16.6. The fourth-order valence-corrected chi connectivity index (χ4v) is 6.31. The molecule has 0 amide bonds. The van der Waals surface area contributed by atoms with Crippen LogP contribution in [0.2, 0.25) is 0 Å². The van der Waals surface area contributed by atoms with Crippen molar-refractivity contribution in [2.45, 2.75) is 200 Å². The second kappa shape index (κ2) is 49.5. The van der Waals surface area contributed by atoms with Gasteiger partial charge in [-0.05, 0) is 57.8 Å². The number of carbonyl (C=O) groups is 3. The molecule has 1 unspecified atom stereocenters. The van der Waals surface area contributed by atoms with Crippen molar-refractivity contribution >= 4 is 17.9 Å². The highest BCUT2D eigenvalue weighted by Gasteiger charge is 2.19. The number of unbranched alkanes of at least 4 members (excludes halogenated alkanes) is 19. The highest BCUT2D eigenvalue weighted by molar-refractivity contribution is 5.71. The Bertz CT molecular complexity index is 1350. The van der Waals surface area contributed by atoms with Crippen molar-refractivity contribution in [1.29, 1.82) is 0 Å². The largest absolute Gasteiger partial charge is 0.462 e. The predicted octanol–water partition coefficient (Wildman–Crippen LogP) is 16.1. The van der Waals surface area contributed by atoms with Crippen molar-refractivity contribution in [2.24, 2.45) is 0 Å². The van der Waals surface area contributed by atoms with Crippen LogP contribution in [0.15, 0.2) is 122 Å². The van der Waals surface area contributed by atoms with Gasteiger partial charge in [0.05, 0.1) is 0 Å². The van der Waals surface area contributed by atoms with Crippen molar-refractivity contribution < 1.29 is 28.6 Å². The summed E-state index contributed by atoms with van der Waals surface area (Å²) in [6.07, 6.45) is 67.4. The first-order valence-corrected chi connectivity index (χ1v) is 24.7. The van der Waals surface area contributed by atoms with E-state index in [0.29, 0.717) is 12.8 Å². The highest BCUT2D eigenvalue weighted by Crippen LogP contribution is 2.14. The fourth-order valence-electron chi connectivity index (χ4n) is 6.31. The van der Waals surface area contributed by atoms with Gasteiger partial charge in [-0.15, -0.1) is 0 Å². The Morgan fingerprint density at radius 2 is 0.629 bits per heavy atom. The number of rotatable bonds is 42. The lowest BCUT2D eigenvalue weighted by molar-refractivity contribution is -0.167. The van der Waals surface area contributed by atoms with E-state index >= 15 is 0 Å². The van der Waals surface area contributed by atoms with Crippen LogP contribution in [0.5, 0.6) is 0 Å². The lowest BCUT2D eigenvalue weighted by atomic mass is 10.0. The number of ether oxygens (including phenoxy) is 3. The minimum absolute atomic E-state index is 0.105. The summed E-state index contributed by atoms with van der Waals surface area (Å²) in [6.45, 7) is 6.27. The quantitative estimate of drug-likeness (QED) is 0.0263. The SMILES string of the molecule is CC\C=C/C=C\C=C/C=C\C=C\C=C/CCCCCC(=O)OCC(COC(=O)CCCCCCCCCCCCCC)OC(=O)CCCCCCC\C=C/C=C\C=C/C=C\CC. The molecule has 6 nitrogen and oxygen atoms in total. The Morgan fingerprint density at radius 1 is 0.339 bits per heavy atom. The molecule has 0 aromatic rings. The van der Waals surface area contributed by atoms with Gasteiger partial charge in [-0.2, -0.15) is 0 Å². The fraction of sp³-hybridized carbons (Fsp3) is 0.589. The Kier molecular flexibility index (Phi) is 46.1. The van der Waals surface area contributed by atoms with E-state index in [4.69, 9.17) is 14.2 Å². The molecule has 0 aromatic carbocycles. The van der Waals surface area contributed by atoms with E-state index in [1.54, 1.807) is 0 Å². The Morgan fingerprint density at radius 3 is 1.00 bits per heavy atom. The van der Waals surface area contributed by atoms with E-state index in [1.807, 2.05) is 85.1 Å². The number of hydrogen-bond acceptors (Lipinski definition) is 6. The number of carbonyl (C=O) groups excluding carboxylic acids is 3. The van der Waals surface area contributed by atoms with Crippen molar-refractivity contribution in [3.63, 3.8) is 0 Å². The molecule has 0 saturated heterocycles. The third-order valence-corrected chi connectivity index (χ3v) is 9.97. The molecule has 0 N–H and O–H groups in total. The first kappa shape index (κ1) is 57.8. The summed E-state index contributed by atoms with van der Waals surface area (Å²) < 4.78 is 16.7. The molecule has 1 atom stereocenters. The number of esters is 3. The minimum Gasteiger partial charge on any atom is -0.462 e. The van der Waals surface area contributed by atoms with E-state index in [-0.39, 0.29) is 37.5 Å². The molecule has 0 radical (unpaired) electrons. The average Bonchev–Trinajstić information content (AvgIpc) is 3.27. The zero-order chi connectivity index (χ0) is 45.1. The summed E-state index contributed by atoms with van der Waals surface area (Å²) in [6, 6.07) is 0. The normalized spacial score (nSPS) is 13.1. The molecular formula is C56H88O6. The van der Waals surface area contributed by atoms with E-state index in [1.165, 1.54) is 57.8 Å². The molecular weight excluding hydrogens is 769 g/mol. The van der Waals surface area contributed by atoms with Crippen molar-refractivity contribution in [1.82, 2.24) is 0 Å². The van der Waals surface area contributed by atoms with Crippen LogP contribution in [-0.4, -0.2) is 37.2 Å². The summed E-state index contributed by atoms with van der Waals surface area (Å²) in [7, 11) is 0. The van der Waals surface area contributed by atoms with E-state index in [0.717, 1.165) is 96.3 Å². The van der Waals surface area contributed by atoms with Crippen molar-refractivity contribution in [3.05, 3.63) is 122 Å². The van der Waals surface area contributed by atoms with Crippen LogP contribution in [-0.2, 0) is 28.6 Å². The van der Waals surface area contributed by atoms with Crippen molar-refractivity contribution in [2.75, 3.05) is 13.2 Å². The van der Waals surface area contributed by atoms with Crippen LogP contribution in [0.1, 0.15) is 194 Å². The van der Waals surface area contributed by atoms with Crippen LogP contribution in [0.4, 0.5) is 0 Å². The summed E-state index contributed by atoms with van der Waals surface area (Å²) in [4.78, 5) is 37.9. The van der Waals surface area contributed by atoms with Gasteiger partial charge >= 0.3 is 17.9 Å². The molecule has 0 rings (SSSR count). The molecule has 62 heavy (non-hydrogen) atoms. The van der Waals surface area contributed by atoms with Crippen LogP contribution in [0, 0.1) is 0 Å². The second-order valence-corrected chi connectivity index (χ2v) is 15.9. The van der Waals surface area contributed by atoms with Gasteiger partial charge in [-0.1, -0.05) is 239 Å². The van der Waals surface area contributed by atoms with Gasteiger partial charge in [0, 0.05) is 19.3 Å². The molecule has 0 spiro atoms. The zero-order valence-electron chi connectivity index (χ0n) is 39.6. The van der Waals surface area contributed by atoms with E-state index in [2.05, 4.69) is 57.2 Å².